The molecule has 2 aromatic rings. The van der Waals surface area contributed by atoms with E-state index < -0.39 is 0 Å². The number of amides is 1. The molecule has 0 unspecified atom stereocenters. The molecule has 5 nitrogen and oxygen atoms in total. The first-order valence-corrected chi connectivity index (χ1v) is 9.67. The molecular formula is C22H25N3O2. The van der Waals surface area contributed by atoms with Crippen LogP contribution >= 0.6 is 0 Å². The van der Waals surface area contributed by atoms with Gasteiger partial charge in [-0.05, 0) is 43.2 Å². The van der Waals surface area contributed by atoms with Gasteiger partial charge in [0.05, 0.1) is 18.5 Å². The Morgan fingerprint density at radius 1 is 1.33 bits per heavy atom. The lowest BCUT2D eigenvalue weighted by molar-refractivity contribution is -0.118. The Morgan fingerprint density at radius 3 is 3.00 bits per heavy atom. The summed E-state index contributed by atoms with van der Waals surface area (Å²) in [6.07, 6.45) is 8.85. The van der Waals surface area contributed by atoms with E-state index in [1.54, 1.807) is 6.26 Å². The molecule has 0 spiro atoms. The van der Waals surface area contributed by atoms with Crippen LogP contribution in [0.2, 0.25) is 0 Å². The van der Waals surface area contributed by atoms with Crippen LogP contribution in [-0.4, -0.2) is 31.8 Å². The summed E-state index contributed by atoms with van der Waals surface area (Å²) in [4.78, 5) is 21.5. The summed E-state index contributed by atoms with van der Waals surface area (Å²) in [5.41, 5.74) is 4.68. The maximum atomic E-state index is 12.8. The van der Waals surface area contributed by atoms with E-state index >= 15 is 0 Å². The zero-order valence-corrected chi connectivity index (χ0v) is 15.7. The molecule has 0 saturated heterocycles. The molecule has 3 heterocycles. The van der Waals surface area contributed by atoms with Gasteiger partial charge in [-0.15, -0.1) is 0 Å². The van der Waals surface area contributed by atoms with Gasteiger partial charge in [0, 0.05) is 49.9 Å². The number of furan rings is 1. The van der Waals surface area contributed by atoms with Crippen LogP contribution in [0.25, 0.3) is 0 Å². The molecule has 1 aromatic heterocycles. The molecule has 1 amide bonds. The van der Waals surface area contributed by atoms with Crippen LogP contribution in [-0.2, 0) is 17.6 Å². The molecule has 0 N–H and O–H groups in total. The topological polar surface area (TPSA) is 49.1 Å². The number of benzene rings is 1. The maximum Gasteiger partial charge on any atom is 0.227 e. The van der Waals surface area contributed by atoms with Crippen molar-refractivity contribution in [2.45, 2.75) is 32.6 Å². The zero-order chi connectivity index (χ0) is 18.6. The van der Waals surface area contributed by atoms with Crippen molar-refractivity contribution in [3.63, 3.8) is 0 Å². The minimum absolute atomic E-state index is 0.126. The van der Waals surface area contributed by atoms with Crippen molar-refractivity contribution >= 4 is 23.5 Å². The lowest BCUT2D eigenvalue weighted by Crippen LogP contribution is -2.31. The summed E-state index contributed by atoms with van der Waals surface area (Å²) in [5.74, 6) is 0.978. The summed E-state index contributed by atoms with van der Waals surface area (Å²) >= 11 is 0. The summed E-state index contributed by atoms with van der Waals surface area (Å²) in [5, 5.41) is 0. The second kappa shape index (κ2) is 7.82. The predicted octanol–water partition coefficient (Wildman–Crippen LogP) is 3.99. The smallest absolute Gasteiger partial charge is 0.227 e. The molecule has 1 aromatic carbocycles. The number of hydrogen-bond acceptors (Lipinski definition) is 4. The fourth-order valence-corrected chi connectivity index (χ4v) is 3.80. The van der Waals surface area contributed by atoms with Crippen LogP contribution in [0.3, 0.4) is 0 Å². The van der Waals surface area contributed by atoms with Crippen LogP contribution in [0.5, 0.6) is 0 Å². The van der Waals surface area contributed by atoms with Crippen molar-refractivity contribution in [3.8, 4) is 0 Å². The number of carbonyl (C=O) groups excluding carboxylic acids is 1. The van der Waals surface area contributed by atoms with E-state index in [0.29, 0.717) is 19.4 Å². The van der Waals surface area contributed by atoms with Crippen LogP contribution in [0.15, 0.2) is 57.8 Å². The van der Waals surface area contributed by atoms with Crippen LogP contribution in [0.4, 0.5) is 11.4 Å². The summed E-state index contributed by atoms with van der Waals surface area (Å²) < 4.78 is 5.35. The average Bonchev–Trinajstić information content (AvgIpc) is 3.44. The number of aliphatic imine (C=N–C) groups is 1. The fraction of sp³-hybridized carbons (Fsp3) is 0.364. The molecule has 0 radical (unpaired) electrons. The number of aryl methyl sites for hydroxylation is 1. The normalized spacial score (nSPS) is 15.1. The van der Waals surface area contributed by atoms with Gasteiger partial charge in [0.1, 0.15) is 5.76 Å². The monoisotopic (exact) mass is 363 g/mol. The van der Waals surface area contributed by atoms with Crippen molar-refractivity contribution in [3.05, 3.63) is 59.7 Å². The zero-order valence-electron chi connectivity index (χ0n) is 15.7. The molecular weight excluding hydrogens is 338 g/mol. The molecule has 5 heteroatoms. The molecule has 140 valence electrons. The van der Waals surface area contributed by atoms with E-state index in [-0.39, 0.29) is 5.91 Å². The van der Waals surface area contributed by atoms with Gasteiger partial charge in [-0.25, -0.2) is 0 Å². The van der Waals surface area contributed by atoms with Crippen molar-refractivity contribution in [2.75, 3.05) is 29.4 Å². The minimum atomic E-state index is 0.126. The third kappa shape index (κ3) is 3.82. The van der Waals surface area contributed by atoms with E-state index in [9.17, 15) is 4.79 Å². The number of hydrogen-bond donors (Lipinski definition) is 0. The molecule has 2 aliphatic rings. The van der Waals surface area contributed by atoms with Crippen LogP contribution in [0, 0.1) is 0 Å². The Morgan fingerprint density at radius 2 is 2.26 bits per heavy atom. The Labute approximate surface area is 160 Å². The first-order chi connectivity index (χ1) is 13.2. The Bertz CT molecular complexity index is 868. The van der Waals surface area contributed by atoms with Gasteiger partial charge in [0.15, 0.2) is 0 Å². The van der Waals surface area contributed by atoms with Gasteiger partial charge in [0.25, 0.3) is 0 Å². The highest BCUT2D eigenvalue weighted by Gasteiger charge is 2.23. The van der Waals surface area contributed by atoms with Gasteiger partial charge < -0.3 is 14.2 Å². The summed E-state index contributed by atoms with van der Waals surface area (Å²) in [6.45, 7) is 4.52. The number of nitrogens with zero attached hydrogens (tertiary/aromatic N) is 3. The first kappa shape index (κ1) is 17.6. The van der Waals surface area contributed by atoms with Crippen molar-refractivity contribution in [1.29, 1.82) is 0 Å². The molecule has 0 bridgehead atoms. The van der Waals surface area contributed by atoms with Gasteiger partial charge >= 0.3 is 0 Å². The Kier molecular flexibility index (Phi) is 5.10. The Balaban J connectivity index is 1.49. The summed E-state index contributed by atoms with van der Waals surface area (Å²) in [6, 6.07) is 10.2. The van der Waals surface area contributed by atoms with E-state index in [4.69, 9.17) is 4.42 Å². The Hall–Kier alpha value is -2.82. The molecule has 4 rings (SSSR count). The summed E-state index contributed by atoms with van der Waals surface area (Å²) in [7, 11) is 0. The van der Waals surface area contributed by atoms with E-state index in [2.05, 4.69) is 34.2 Å². The maximum absolute atomic E-state index is 12.8. The number of rotatable bonds is 7. The highest BCUT2D eigenvalue weighted by atomic mass is 16.3. The highest BCUT2D eigenvalue weighted by Crippen LogP contribution is 2.33. The lowest BCUT2D eigenvalue weighted by Gasteiger charge is -2.24. The molecule has 0 atom stereocenters. The molecule has 27 heavy (non-hydrogen) atoms. The SMILES string of the molecule is CCN(C(=O)CCc1ccco1)c1ccc2c(c1)N(CC1=CCC=N1)CC2. The number of anilines is 2. The van der Waals surface area contributed by atoms with Crippen LogP contribution < -0.4 is 9.80 Å². The molecule has 0 aliphatic carbocycles. The van der Waals surface area contributed by atoms with Crippen LogP contribution in [0.1, 0.15) is 31.1 Å². The number of fused-ring (bicyclic) bond motifs is 1. The van der Waals surface area contributed by atoms with Gasteiger partial charge in [-0.3, -0.25) is 9.79 Å². The third-order valence-electron chi connectivity index (χ3n) is 5.22. The molecule has 0 fully saturated rings. The third-order valence-corrected chi connectivity index (χ3v) is 5.22. The first-order valence-electron chi connectivity index (χ1n) is 9.67. The standard InChI is InChI=1S/C22H25N3O2/c1-2-25(22(26)10-9-20-6-4-14-27-20)19-8-7-17-11-13-24(21(17)15-19)16-18-5-3-12-23-18/h4-8,12,14-15H,2-3,9-11,13,16H2,1H3. The second-order valence-electron chi connectivity index (χ2n) is 6.94. The predicted molar refractivity (Wildman–Crippen MR) is 109 cm³/mol. The largest absolute Gasteiger partial charge is 0.469 e. The van der Waals surface area contributed by atoms with Crippen molar-refractivity contribution < 1.29 is 9.21 Å². The second-order valence-corrected chi connectivity index (χ2v) is 6.94. The van der Waals surface area contributed by atoms with Crippen molar-refractivity contribution in [1.82, 2.24) is 0 Å². The average molecular weight is 363 g/mol. The number of carbonyl (C=O) groups is 1. The molecule has 0 saturated carbocycles. The van der Waals surface area contributed by atoms with E-state index in [1.165, 1.54) is 11.3 Å². The molecule has 2 aliphatic heterocycles. The van der Waals surface area contributed by atoms with Crippen molar-refractivity contribution in [2.24, 2.45) is 4.99 Å². The lowest BCUT2D eigenvalue weighted by atomic mass is 10.1. The highest BCUT2D eigenvalue weighted by molar-refractivity contribution is 5.94. The number of allylic oxidation sites excluding steroid dienone is 1. The minimum Gasteiger partial charge on any atom is -0.469 e. The quantitative estimate of drug-likeness (QED) is 0.747. The van der Waals surface area contributed by atoms with Gasteiger partial charge in [0.2, 0.25) is 5.91 Å². The van der Waals surface area contributed by atoms with Gasteiger partial charge in [-0.1, -0.05) is 12.1 Å². The fourth-order valence-electron chi connectivity index (χ4n) is 3.80. The van der Waals surface area contributed by atoms with E-state index in [1.807, 2.05) is 30.2 Å². The van der Waals surface area contributed by atoms with Gasteiger partial charge in [-0.2, -0.15) is 0 Å². The van der Waals surface area contributed by atoms with E-state index in [0.717, 1.165) is 43.1 Å².